The fourth-order valence-corrected chi connectivity index (χ4v) is 4.52. The number of hydrogen-bond donors (Lipinski definition) is 1. The molecule has 0 radical (unpaired) electrons. The van der Waals surface area contributed by atoms with E-state index in [-0.39, 0.29) is 22.2 Å². The van der Waals surface area contributed by atoms with E-state index < -0.39 is 6.08 Å². The van der Waals surface area contributed by atoms with Gasteiger partial charge in [-0.15, -0.1) is 0 Å². The average molecular weight is 392 g/mol. The van der Waals surface area contributed by atoms with E-state index in [1.54, 1.807) is 36.4 Å². The third-order valence-electron chi connectivity index (χ3n) is 6.44. The third-order valence-corrected chi connectivity index (χ3v) is 6.44. The monoisotopic (exact) mass is 392 g/mol. The lowest BCUT2D eigenvalue weighted by atomic mass is 9.63. The van der Waals surface area contributed by atoms with Crippen LogP contribution in [0.4, 0.5) is 8.78 Å². The van der Waals surface area contributed by atoms with Crippen molar-refractivity contribution in [1.29, 1.82) is 0 Å². The zero-order chi connectivity index (χ0) is 21.0. The number of phenols is 1. The van der Waals surface area contributed by atoms with Gasteiger partial charge in [0.2, 0.25) is 0 Å². The van der Waals surface area contributed by atoms with Gasteiger partial charge in [0.05, 0.1) is 5.57 Å². The van der Waals surface area contributed by atoms with E-state index in [0.717, 1.165) is 29.2 Å². The van der Waals surface area contributed by atoms with Crippen LogP contribution in [0.5, 0.6) is 5.75 Å². The van der Waals surface area contributed by atoms with Gasteiger partial charge in [-0.05, 0) is 74.9 Å². The van der Waals surface area contributed by atoms with Gasteiger partial charge in [0.15, 0.2) is 0 Å². The second-order valence-electron chi connectivity index (χ2n) is 9.41. The number of benzene rings is 3. The predicted molar refractivity (Wildman–Crippen MR) is 116 cm³/mol. The number of halogens is 2. The summed E-state index contributed by atoms with van der Waals surface area (Å²) in [5.41, 5.74) is 3.43. The molecule has 0 heterocycles. The van der Waals surface area contributed by atoms with Crippen LogP contribution in [-0.4, -0.2) is 5.11 Å². The topological polar surface area (TPSA) is 20.2 Å². The van der Waals surface area contributed by atoms with E-state index in [1.807, 2.05) is 18.2 Å². The fraction of sp³-hybridized carbons (Fsp3) is 0.308. The summed E-state index contributed by atoms with van der Waals surface area (Å²) in [7, 11) is 0. The van der Waals surface area contributed by atoms with Crippen LogP contribution in [0.1, 0.15) is 62.8 Å². The van der Waals surface area contributed by atoms with Gasteiger partial charge in [-0.2, -0.15) is 8.78 Å². The Labute approximate surface area is 170 Å². The Hall–Kier alpha value is -2.68. The molecule has 0 saturated heterocycles. The smallest absolute Gasteiger partial charge is 0.278 e. The summed E-state index contributed by atoms with van der Waals surface area (Å²) >= 11 is 0. The molecule has 0 fully saturated rings. The van der Waals surface area contributed by atoms with Gasteiger partial charge in [0.1, 0.15) is 5.75 Å². The van der Waals surface area contributed by atoms with E-state index in [0.29, 0.717) is 11.1 Å². The Balaban J connectivity index is 1.88. The highest BCUT2D eigenvalue weighted by Crippen LogP contribution is 2.47. The van der Waals surface area contributed by atoms with E-state index in [4.69, 9.17) is 0 Å². The van der Waals surface area contributed by atoms with E-state index in [1.165, 1.54) is 5.56 Å². The lowest BCUT2D eigenvalue weighted by Crippen LogP contribution is -2.33. The minimum absolute atomic E-state index is 0.0260. The van der Waals surface area contributed by atoms with Crippen molar-refractivity contribution in [2.24, 2.45) is 0 Å². The Kier molecular flexibility index (Phi) is 4.53. The van der Waals surface area contributed by atoms with Gasteiger partial charge in [-0.1, -0.05) is 64.1 Å². The lowest BCUT2D eigenvalue weighted by molar-refractivity contribution is 0.332. The molecule has 150 valence electrons. The van der Waals surface area contributed by atoms with Gasteiger partial charge < -0.3 is 5.11 Å². The predicted octanol–water partition coefficient (Wildman–Crippen LogP) is 7.55. The molecule has 1 aliphatic carbocycles. The maximum absolute atomic E-state index is 14.2. The summed E-state index contributed by atoms with van der Waals surface area (Å²) < 4.78 is 28.3. The minimum atomic E-state index is -1.68. The molecule has 3 aromatic rings. The van der Waals surface area contributed by atoms with Crippen LogP contribution in [0.3, 0.4) is 0 Å². The van der Waals surface area contributed by atoms with Crippen LogP contribution < -0.4 is 0 Å². The van der Waals surface area contributed by atoms with Gasteiger partial charge in [0, 0.05) is 0 Å². The van der Waals surface area contributed by atoms with Crippen molar-refractivity contribution in [2.75, 3.05) is 0 Å². The molecule has 0 amide bonds. The lowest BCUT2D eigenvalue weighted by Gasteiger charge is -2.42. The quantitative estimate of drug-likeness (QED) is 0.477. The zero-order valence-corrected chi connectivity index (χ0v) is 17.3. The molecule has 0 unspecified atom stereocenters. The van der Waals surface area contributed by atoms with E-state index >= 15 is 0 Å². The van der Waals surface area contributed by atoms with Crippen molar-refractivity contribution in [3.8, 4) is 5.75 Å². The van der Waals surface area contributed by atoms with Crippen molar-refractivity contribution in [1.82, 2.24) is 0 Å². The van der Waals surface area contributed by atoms with Crippen LogP contribution in [-0.2, 0) is 10.8 Å². The van der Waals surface area contributed by atoms with E-state index in [2.05, 4.69) is 27.7 Å². The molecular formula is C26H26F2O. The first kappa shape index (κ1) is 19.6. The molecule has 1 N–H and O–H groups in total. The number of rotatable bonds is 2. The molecule has 0 aromatic heterocycles. The molecule has 0 bridgehead atoms. The maximum atomic E-state index is 14.2. The van der Waals surface area contributed by atoms with Gasteiger partial charge in [-0.25, -0.2) is 0 Å². The van der Waals surface area contributed by atoms with E-state index in [9.17, 15) is 13.9 Å². The first-order chi connectivity index (χ1) is 13.6. The highest BCUT2D eigenvalue weighted by molar-refractivity contribution is 5.90. The summed E-state index contributed by atoms with van der Waals surface area (Å²) in [4.78, 5) is 0. The van der Waals surface area contributed by atoms with Crippen LogP contribution >= 0.6 is 0 Å². The van der Waals surface area contributed by atoms with Crippen molar-refractivity contribution in [3.63, 3.8) is 0 Å². The third kappa shape index (κ3) is 3.43. The summed E-state index contributed by atoms with van der Waals surface area (Å²) in [5.74, 6) is 0.164. The van der Waals surface area contributed by atoms with Gasteiger partial charge >= 0.3 is 0 Å². The highest BCUT2D eigenvalue weighted by Gasteiger charge is 2.37. The number of aromatic hydroxyl groups is 1. The Morgan fingerprint density at radius 2 is 1.28 bits per heavy atom. The number of phenolic OH excluding ortho intramolecular Hbond substituents is 1. The number of hydrogen-bond acceptors (Lipinski definition) is 1. The standard InChI is InChI=1S/C26H26F2O/c1-25(2)11-12-26(3,4)22-15-19(8-10-21(22)25)23(24(27)28)18-6-5-17-14-20(29)9-7-16(17)13-18/h5-10,13-15,29H,11-12H2,1-4H3. The molecule has 1 aliphatic rings. The van der Waals surface area contributed by atoms with Crippen LogP contribution in [0.25, 0.3) is 16.3 Å². The first-order valence-electron chi connectivity index (χ1n) is 10.0. The molecule has 3 aromatic carbocycles. The Morgan fingerprint density at radius 1 is 0.724 bits per heavy atom. The summed E-state index contributed by atoms with van der Waals surface area (Å²) in [6.45, 7) is 8.85. The fourth-order valence-electron chi connectivity index (χ4n) is 4.52. The summed E-state index contributed by atoms with van der Waals surface area (Å²) in [6, 6.07) is 16.0. The molecule has 3 heteroatoms. The van der Waals surface area contributed by atoms with Crippen molar-refractivity contribution in [3.05, 3.63) is 82.9 Å². The maximum Gasteiger partial charge on any atom is 0.278 e. The van der Waals surface area contributed by atoms with Gasteiger partial charge in [-0.3, -0.25) is 0 Å². The normalized spacial score (nSPS) is 17.0. The summed E-state index contributed by atoms with van der Waals surface area (Å²) in [6.07, 6.45) is 0.438. The zero-order valence-electron chi connectivity index (χ0n) is 17.3. The highest BCUT2D eigenvalue weighted by atomic mass is 19.3. The molecule has 0 aliphatic heterocycles. The molecule has 4 rings (SSSR count). The molecule has 0 spiro atoms. The second kappa shape index (κ2) is 6.69. The van der Waals surface area contributed by atoms with Crippen molar-refractivity contribution >= 4 is 16.3 Å². The Bertz CT molecular complexity index is 1130. The minimum Gasteiger partial charge on any atom is -0.508 e. The van der Waals surface area contributed by atoms with Crippen molar-refractivity contribution in [2.45, 2.75) is 51.4 Å². The number of fused-ring (bicyclic) bond motifs is 2. The molecule has 29 heavy (non-hydrogen) atoms. The molecule has 0 atom stereocenters. The molecule has 1 nitrogen and oxygen atoms in total. The van der Waals surface area contributed by atoms with Crippen LogP contribution in [0.2, 0.25) is 0 Å². The summed E-state index contributed by atoms with van der Waals surface area (Å²) in [5, 5.41) is 11.3. The second-order valence-corrected chi connectivity index (χ2v) is 9.41. The molecular weight excluding hydrogens is 366 g/mol. The van der Waals surface area contributed by atoms with Gasteiger partial charge in [0.25, 0.3) is 6.08 Å². The van der Waals surface area contributed by atoms with Crippen molar-refractivity contribution < 1.29 is 13.9 Å². The van der Waals surface area contributed by atoms with Crippen LogP contribution in [0.15, 0.2) is 60.7 Å². The average Bonchev–Trinajstić information content (AvgIpc) is 2.65. The first-order valence-corrected chi connectivity index (χ1v) is 10.0. The SMILES string of the molecule is CC1(C)CCC(C)(C)c2cc(C(=C(F)F)c3ccc4cc(O)ccc4c3)ccc21. The van der Waals surface area contributed by atoms with Crippen LogP contribution in [0, 0.1) is 0 Å². The largest absolute Gasteiger partial charge is 0.508 e. The Morgan fingerprint density at radius 3 is 1.97 bits per heavy atom. The molecule has 0 saturated carbocycles.